The second kappa shape index (κ2) is 10.2. The molecule has 3 N–H and O–H groups in total. The molecule has 3 aromatic rings. The minimum atomic E-state index is -2.82. The normalized spacial score (nSPS) is 16.2. The van der Waals surface area contributed by atoms with Gasteiger partial charge in [0.05, 0.1) is 17.9 Å². The first-order valence-corrected chi connectivity index (χ1v) is 11.4. The maximum atomic E-state index is 13.4. The van der Waals surface area contributed by atoms with Gasteiger partial charge in [-0.2, -0.15) is 13.9 Å². The van der Waals surface area contributed by atoms with Crippen LogP contribution in [0.25, 0.3) is 11.4 Å². The van der Waals surface area contributed by atoms with Crippen molar-refractivity contribution in [3.8, 4) is 17.1 Å². The van der Waals surface area contributed by atoms with E-state index >= 15 is 0 Å². The molecule has 34 heavy (non-hydrogen) atoms. The van der Waals surface area contributed by atoms with Crippen molar-refractivity contribution >= 4 is 17.5 Å². The molecule has 182 valence electrons. The molecule has 3 heterocycles. The van der Waals surface area contributed by atoms with Gasteiger partial charge in [0.2, 0.25) is 5.95 Å². The number of alkyl halides is 2. The van der Waals surface area contributed by atoms with Crippen LogP contribution >= 0.6 is 11.6 Å². The highest BCUT2D eigenvalue weighted by atomic mass is 35.5. The van der Waals surface area contributed by atoms with Gasteiger partial charge in [0.25, 0.3) is 0 Å². The number of hydrogen-bond donors (Lipinski definition) is 2. The monoisotopic (exact) mass is 492 g/mol. The zero-order chi connectivity index (χ0) is 24.3. The van der Waals surface area contributed by atoms with Gasteiger partial charge in [-0.3, -0.25) is 0 Å². The number of benzene rings is 1. The third-order valence-electron chi connectivity index (χ3n) is 6.06. The molecule has 2 aromatic heterocycles. The minimum Gasteiger partial charge on any atom is -0.493 e. The molecule has 1 aromatic carbocycles. The van der Waals surface area contributed by atoms with Gasteiger partial charge in [-0.25, -0.2) is 14.6 Å². The van der Waals surface area contributed by atoms with E-state index in [1.807, 2.05) is 31.3 Å². The fourth-order valence-corrected chi connectivity index (χ4v) is 4.25. The van der Waals surface area contributed by atoms with Crippen molar-refractivity contribution in [2.45, 2.75) is 37.8 Å². The highest BCUT2D eigenvalue weighted by molar-refractivity contribution is 6.29. The van der Waals surface area contributed by atoms with Gasteiger partial charge in [0.1, 0.15) is 16.6 Å². The highest BCUT2D eigenvalue weighted by Crippen LogP contribution is 2.30. The summed E-state index contributed by atoms with van der Waals surface area (Å²) < 4.78 is 33.4. The fraction of sp³-hybridized carbons (Fsp3) is 0.435. The van der Waals surface area contributed by atoms with Crippen LogP contribution in [0.2, 0.25) is 5.15 Å². The van der Waals surface area contributed by atoms with Gasteiger partial charge >= 0.3 is 6.55 Å². The number of rotatable bonds is 8. The molecule has 0 amide bonds. The molecule has 0 saturated carbocycles. The lowest BCUT2D eigenvalue weighted by Crippen LogP contribution is -2.43. The maximum absolute atomic E-state index is 13.4. The molecule has 1 aliphatic heterocycles. The third kappa shape index (κ3) is 5.81. The largest absolute Gasteiger partial charge is 0.493 e. The fourth-order valence-electron chi connectivity index (χ4n) is 4.06. The molecule has 1 saturated heterocycles. The van der Waals surface area contributed by atoms with E-state index in [-0.39, 0.29) is 28.9 Å². The molecule has 0 spiro atoms. The molecule has 0 unspecified atom stereocenters. The van der Waals surface area contributed by atoms with Crippen LogP contribution in [0.4, 0.5) is 14.7 Å². The number of hydrogen-bond acceptors (Lipinski definition) is 7. The number of aromatic nitrogens is 4. The summed E-state index contributed by atoms with van der Waals surface area (Å²) in [6.07, 6.45) is 3.48. The molecule has 8 nitrogen and oxygen atoms in total. The first-order valence-electron chi connectivity index (χ1n) is 11.0. The molecule has 0 radical (unpaired) electrons. The van der Waals surface area contributed by atoms with E-state index in [0.29, 0.717) is 41.9 Å². The number of nitrogens with two attached hydrogens (primary N) is 1. The molecule has 4 rings (SSSR count). The number of anilines is 1. The zero-order valence-electron chi connectivity index (χ0n) is 18.8. The minimum absolute atomic E-state index is 0.0735. The van der Waals surface area contributed by atoms with Gasteiger partial charge in [-0.05, 0) is 31.5 Å². The SMILES string of the molecule is CN1CCC(O)(CCOc2ccccc2Cc2cn(C(F)F)nc2-c2cc(Cl)nc(N)n2)CC1. The average molecular weight is 493 g/mol. The Labute approximate surface area is 201 Å². The lowest BCUT2D eigenvalue weighted by molar-refractivity contribution is -0.0305. The number of piperidine rings is 1. The summed E-state index contributed by atoms with van der Waals surface area (Å²) in [6.45, 7) is -0.773. The summed E-state index contributed by atoms with van der Waals surface area (Å²) in [5.41, 5.74) is 6.76. The Hall–Kier alpha value is -2.82. The summed E-state index contributed by atoms with van der Waals surface area (Å²) in [5, 5.41) is 14.9. The Morgan fingerprint density at radius 1 is 1.21 bits per heavy atom. The average Bonchev–Trinajstić information content (AvgIpc) is 3.21. The Morgan fingerprint density at radius 2 is 1.94 bits per heavy atom. The summed E-state index contributed by atoms with van der Waals surface area (Å²) in [4.78, 5) is 10.1. The number of aliphatic hydroxyl groups is 1. The summed E-state index contributed by atoms with van der Waals surface area (Å²) in [7, 11) is 2.04. The Balaban J connectivity index is 1.54. The topological polar surface area (TPSA) is 102 Å². The number of para-hydroxylation sites is 1. The quantitative estimate of drug-likeness (QED) is 0.461. The lowest BCUT2D eigenvalue weighted by atomic mass is 9.89. The van der Waals surface area contributed by atoms with Gasteiger partial charge in [0, 0.05) is 43.8 Å². The van der Waals surface area contributed by atoms with E-state index in [9.17, 15) is 13.9 Å². The second-order valence-electron chi connectivity index (χ2n) is 8.61. The Bertz CT molecular complexity index is 1110. The molecular formula is C23H27ClF2N6O2. The van der Waals surface area contributed by atoms with E-state index in [0.717, 1.165) is 18.7 Å². The Kier molecular flexibility index (Phi) is 7.30. The molecule has 0 atom stereocenters. The van der Waals surface area contributed by atoms with Crippen molar-refractivity contribution in [3.63, 3.8) is 0 Å². The van der Waals surface area contributed by atoms with Gasteiger partial charge in [-0.1, -0.05) is 29.8 Å². The summed E-state index contributed by atoms with van der Waals surface area (Å²) in [6, 6.07) is 8.82. The van der Waals surface area contributed by atoms with Crippen molar-refractivity contribution in [2.24, 2.45) is 0 Å². The van der Waals surface area contributed by atoms with Gasteiger partial charge in [0.15, 0.2) is 0 Å². The van der Waals surface area contributed by atoms with Crippen molar-refractivity contribution < 1.29 is 18.6 Å². The predicted molar refractivity (Wildman–Crippen MR) is 125 cm³/mol. The summed E-state index contributed by atoms with van der Waals surface area (Å²) in [5.74, 6) is 0.547. The van der Waals surface area contributed by atoms with Crippen LogP contribution in [0, 0.1) is 0 Å². The zero-order valence-corrected chi connectivity index (χ0v) is 19.5. The Morgan fingerprint density at radius 3 is 2.65 bits per heavy atom. The van der Waals surface area contributed by atoms with E-state index < -0.39 is 12.2 Å². The van der Waals surface area contributed by atoms with Crippen LogP contribution in [0.3, 0.4) is 0 Å². The maximum Gasteiger partial charge on any atom is 0.333 e. The molecular weight excluding hydrogens is 466 g/mol. The number of ether oxygens (including phenoxy) is 1. The summed E-state index contributed by atoms with van der Waals surface area (Å²) >= 11 is 5.99. The van der Waals surface area contributed by atoms with Gasteiger partial charge in [-0.15, -0.1) is 0 Å². The van der Waals surface area contributed by atoms with E-state index in [2.05, 4.69) is 20.0 Å². The van der Waals surface area contributed by atoms with Crippen LogP contribution in [0.5, 0.6) is 5.75 Å². The van der Waals surface area contributed by atoms with Crippen LogP contribution in [0.15, 0.2) is 36.5 Å². The smallest absolute Gasteiger partial charge is 0.333 e. The predicted octanol–water partition coefficient (Wildman–Crippen LogP) is 3.79. The van der Waals surface area contributed by atoms with Gasteiger partial charge < -0.3 is 20.5 Å². The van der Waals surface area contributed by atoms with E-state index in [1.165, 1.54) is 12.3 Å². The van der Waals surface area contributed by atoms with Crippen LogP contribution < -0.4 is 10.5 Å². The van der Waals surface area contributed by atoms with Crippen molar-refractivity contribution in [3.05, 3.63) is 52.8 Å². The number of nitrogen functional groups attached to an aromatic ring is 1. The standard InChI is InChI=1S/C23H27ClF2N6O2/c1-31-9-6-23(33,7-10-31)8-11-34-18-5-3-2-4-15(18)12-16-14-32(21(25)26)30-20(16)17-13-19(24)29-22(27)28-17/h2-5,13-14,21,33H,6-12H2,1H3,(H2,27,28,29). The van der Waals surface area contributed by atoms with E-state index in [4.69, 9.17) is 22.1 Å². The van der Waals surface area contributed by atoms with Crippen molar-refractivity contribution in [1.82, 2.24) is 24.6 Å². The first-order chi connectivity index (χ1) is 16.2. The molecule has 0 bridgehead atoms. The molecule has 0 aliphatic carbocycles. The number of nitrogens with zero attached hydrogens (tertiary/aromatic N) is 5. The highest BCUT2D eigenvalue weighted by Gasteiger charge is 2.31. The number of likely N-dealkylation sites (tertiary alicyclic amines) is 1. The first kappa shape index (κ1) is 24.3. The van der Waals surface area contributed by atoms with E-state index in [1.54, 1.807) is 0 Å². The van der Waals surface area contributed by atoms with Crippen molar-refractivity contribution in [1.29, 1.82) is 0 Å². The van der Waals surface area contributed by atoms with Crippen LogP contribution in [-0.4, -0.2) is 62.1 Å². The third-order valence-corrected chi connectivity index (χ3v) is 6.25. The molecule has 11 heteroatoms. The van der Waals surface area contributed by atoms with Crippen LogP contribution in [0.1, 0.15) is 36.9 Å². The lowest BCUT2D eigenvalue weighted by Gasteiger charge is -2.36. The number of halogens is 3. The van der Waals surface area contributed by atoms with Crippen molar-refractivity contribution in [2.75, 3.05) is 32.5 Å². The second-order valence-corrected chi connectivity index (χ2v) is 8.99. The molecule has 1 aliphatic rings. The van der Waals surface area contributed by atoms with Crippen LogP contribution in [-0.2, 0) is 6.42 Å². The molecule has 1 fully saturated rings.